The summed E-state index contributed by atoms with van der Waals surface area (Å²) in [5.74, 6) is 1.38. The van der Waals surface area contributed by atoms with Crippen LogP contribution in [0.3, 0.4) is 0 Å². The van der Waals surface area contributed by atoms with Gasteiger partial charge in [-0.15, -0.1) is 0 Å². The van der Waals surface area contributed by atoms with Gasteiger partial charge in [0.1, 0.15) is 24.4 Å². The summed E-state index contributed by atoms with van der Waals surface area (Å²) in [4.78, 5) is 24.2. The fourth-order valence-corrected chi connectivity index (χ4v) is 3.67. The van der Waals surface area contributed by atoms with E-state index in [1.54, 1.807) is 35.9 Å². The van der Waals surface area contributed by atoms with Crippen molar-refractivity contribution >= 4 is 23.1 Å². The van der Waals surface area contributed by atoms with Crippen LogP contribution in [0.15, 0.2) is 72.8 Å². The van der Waals surface area contributed by atoms with Gasteiger partial charge in [0.2, 0.25) is 0 Å². The van der Waals surface area contributed by atoms with Crippen LogP contribution < -0.4 is 9.47 Å². The average molecular weight is 413 g/mol. The molecule has 5 nitrogen and oxygen atoms in total. The molecule has 4 aromatic rings. The number of nitrogens with zero attached hydrogens (tertiary/aromatic N) is 1. The summed E-state index contributed by atoms with van der Waals surface area (Å²) in [6.45, 7) is 2.33. The zero-order chi connectivity index (χ0) is 21.8. The number of aryl methyl sites for hydroxylation is 1. The molecule has 0 bridgehead atoms. The van der Waals surface area contributed by atoms with Gasteiger partial charge in [0.05, 0.1) is 12.6 Å². The molecule has 4 rings (SSSR count). The first-order valence-electron chi connectivity index (χ1n) is 10.0. The zero-order valence-corrected chi connectivity index (χ0v) is 17.5. The fraction of sp³-hybridized carbons (Fsp3) is 0.154. The van der Waals surface area contributed by atoms with Crippen molar-refractivity contribution in [2.45, 2.75) is 20.0 Å². The van der Waals surface area contributed by atoms with E-state index in [4.69, 9.17) is 9.47 Å². The summed E-state index contributed by atoms with van der Waals surface area (Å²) in [6.07, 6.45) is 1.21. The average Bonchev–Trinajstić information content (AvgIpc) is 3.15. The molecule has 1 aromatic heterocycles. The van der Waals surface area contributed by atoms with Gasteiger partial charge in [-0.2, -0.15) is 0 Å². The van der Waals surface area contributed by atoms with Crippen LogP contribution in [0.4, 0.5) is 0 Å². The van der Waals surface area contributed by atoms with Gasteiger partial charge in [0, 0.05) is 23.1 Å². The van der Waals surface area contributed by atoms with Crippen molar-refractivity contribution in [3.63, 3.8) is 0 Å². The molecule has 0 saturated heterocycles. The van der Waals surface area contributed by atoms with E-state index in [2.05, 4.69) is 0 Å². The summed E-state index contributed by atoms with van der Waals surface area (Å²) in [7, 11) is 1.64. The molecular weight excluding hydrogens is 390 g/mol. The second kappa shape index (κ2) is 8.88. The fourth-order valence-electron chi connectivity index (χ4n) is 3.67. The first kappa shape index (κ1) is 20.4. The molecule has 1 heterocycles. The lowest BCUT2D eigenvalue weighted by Crippen LogP contribution is -2.13. The summed E-state index contributed by atoms with van der Waals surface area (Å²) < 4.78 is 12.7. The van der Waals surface area contributed by atoms with E-state index >= 15 is 0 Å². The Morgan fingerprint density at radius 3 is 2.35 bits per heavy atom. The number of ether oxygens (including phenoxy) is 2. The van der Waals surface area contributed by atoms with Crippen molar-refractivity contribution in [3.05, 3.63) is 95.2 Å². The van der Waals surface area contributed by atoms with Gasteiger partial charge in [-0.1, -0.05) is 24.3 Å². The van der Waals surface area contributed by atoms with Gasteiger partial charge >= 0.3 is 0 Å². The molecule has 0 spiro atoms. The molecule has 31 heavy (non-hydrogen) atoms. The minimum atomic E-state index is -0.113. The van der Waals surface area contributed by atoms with E-state index < -0.39 is 0 Å². The maximum atomic E-state index is 13.2. The van der Waals surface area contributed by atoms with Gasteiger partial charge in [0.15, 0.2) is 0 Å². The standard InChI is InChI=1S/C26H23NO4/c1-18-16-24-20(14-15-28)4-3-5-25(24)27(18)26(29)21-8-12-23(13-9-21)31-17-19-6-10-22(30-2)11-7-19/h3-13,15-16H,14,17H2,1-2H3. The molecule has 0 saturated carbocycles. The van der Waals surface area contributed by atoms with Crippen LogP contribution in [0, 0.1) is 6.92 Å². The molecule has 0 N–H and O–H groups in total. The molecule has 0 fully saturated rings. The number of aldehydes is 1. The highest BCUT2D eigenvalue weighted by atomic mass is 16.5. The number of hydrogen-bond donors (Lipinski definition) is 0. The monoisotopic (exact) mass is 413 g/mol. The first-order chi connectivity index (χ1) is 15.1. The summed E-state index contributed by atoms with van der Waals surface area (Å²) >= 11 is 0. The normalized spacial score (nSPS) is 10.8. The molecule has 0 amide bonds. The summed E-state index contributed by atoms with van der Waals surface area (Å²) in [5.41, 5.74) is 4.16. The number of rotatable bonds is 7. The smallest absolute Gasteiger partial charge is 0.262 e. The number of aromatic nitrogens is 1. The second-order valence-corrected chi connectivity index (χ2v) is 7.31. The van der Waals surface area contributed by atoms with E-state index in [1.807, 2.05) is 55.5 Å². The maximum Gasteiger partial charge on any atom is 0.262 e. The summed E-state index contributed by atoms with van der Waals surface area (Å²) in [6, 6.07) is 22.5. The topological polar surface area (TPSA) is 57.5 Å². The van der Waals surface area contributed by atoms with Crippen LogP contribution in [0.1, 0.15) is 27.2 Å². The number of hydrogen-bond acceptors (Lipinski definition) is 4. The molecule has 156 valence electrons. The molecule has 0 aliphatic heterocycles. The van der Waals surface area contributed by atoms with Crippen LogP contribution in [-0.2, 0) is 17.8 Å². The van der Waals surface area contributed by atoms with Crippen LogP contribution in [-0.4, -0.2) is 23.9 Å². The Morgan fingerprint density at radius 2 is 1.68 bits per heavy atom. The maximum absolute atomic E-state index is 13.2. The van der Waals surface area contributed by atoms with Gasteiger partial charge in [-0.3, -0.25) is 9.36 Å². The van der Waals surface area contributed by atoms with E-state index in [9.17, 15) is 9.59 Å². The predicted molar refractivity (Wildman–Crippen MR) is 120 cm³/mol. The number of carbonyl (C=O) groups is 2. The Balaban J connectivity index is 1.52. The molecular formula is C26H23NO4. The molecule has 5 heteroatoms. The quantitative estimate of drug-likeness (QED) is 0.402. The minimum absolute atomic E-state index is 0.113. The molecule has 0 aliphatic rings. The van der Waals surface area contributed by atoms with Crippen molar-refractivity contribution in [3.8, 4) is 11.5 Å². The molecule has 0 aliphatic carbocycles. The third-order valence-corrected chi connectivity index (χ3v) is 5.29. The second-order valence-electron chi connectivity index (χ2n) is 7.31. The first-order valence-corrected chi connectivity index (χ1v) is 10.0. The van der Waals surface area contributed by atoms with E-state index in [0.717, 1.165) is 39.8 Å². The largest absolute Gasteiger partial charge is 0.497 e. The number of methoxy groups -OCH3 is 1. The lowest BCUT2D eigenvalue weighted by molar-refractivity contribution is -0.107. The number of fused-ring (bicyclic) bond motifs is 1. The van der Waals surface area contributed by atoms with Crippen molar-refractivity contribution in [2.24, 2.45) is 0 Å². The molecule has 3 aromatic carbocycles. The van der Waals surface area contributed by atoms with Crippen LogP contribution in [0.25, 0.3) is 10.9 Å². The Bertz CT molecular complexity index is 1220. The van der Waals surface area contributed by atoms with Crippen LogP contribution in [0.2, 0.25) is 0 Å². The van der Waals surface area contributed by atoms with Gasteiger partial charge in [0.25, 0.3) is 5.91 Å². The van der Waals surface area contributed by atoms with Crippen LogP contribution in [0.5, 0.6) is 11.5 Å². The predicted octanol–water partition coefficient (Wildman–Crippen LogP) is 4.97. The van der Waals surface area contributed by atoms with Gasteiger partial charge < -0.3 is 14.3 Å². The SMILES string of the molecule is COc1ccc(COc2ccc(C(=O)n3c(C)cc4c(CC=O)cccc43)cc2)cc1. The Kier molecular flexibility index (Phi) is 5.85. The van der Waals surface area contributed by atoms with Crippen LogP contribution >= 0.6 is 0 Å². The minimum Gasteiger partial charge on any atom is -0.497 e. The summed E-state index contributed by atoms with van der Waals surface area (Å²) in [5, 5.41) is 0.930. The number of carbonyl (C=O) groups excluding carboxylic acids is 2. The Hall–Kier alpha value is -3.86. The molecule has 0 radical (unpaired) electrons. The van der Waals surface area contributed by atoms with Gasteiger partial charge in [-0.05, 0) is 66.6 Å². The van der Waals surface area contributed by atoms with E-state index in [1.165, 1.54) is 0 Å². The highest BCUT2D eigenvalue weighted by Crippen LogP contribution is 2.25. The highest BCUT2D eigenvalue weighted by Gasteiger charge is 2.16. The van der Waals surface area contributed by atoms with Gasteiger partial charge in [-0.25, -0.2) is 0 Å². The highest BCUT2D eigenvalue weighted by molar-refractivity contribution is 6.03. The Labute approximate surface area is 180 Å². The Morgan fingerprint density at radius 1 is 0.968 bits per heavy atom. The van der Waals surface area contributed by atoms with E-state index in [-0.39, 0.29) is 5.91 Å². The van der Waals surface area contributed by atoms with Crippen molar-refractivity contribution in [1.82, 2.24) is 4.57 Å². The zero-order valence-electron chi connectivity index (χ0n) is 17.5. The van der Waals surface area contributed by atoms with Crippen molar-refractivity contribution < 1.29 is 19.1 Å². The van der Waals surface area contributed by atoms with Crippen molar-refractivity contribution in [1.29, 1.82) is 0 Å². The lowest BCUT2D eigenvalue weighted by atomic mass is 10.1. The lowest BCUT2D eigenvalue weighted by Gasteiger charge is -2.10. The molecule has 0 atom stereocenters. The van der Waals surface area contributed by atoms with Crippen molar-refractivity contribution in [2.75, 3.05) is 7.11 Å². The third-order valence-electron chi connectivity index (χ3n) is 5.29. The molecule has 0 unspecified atom stereocenters. The third kappa shape index (κ3) is 4.21. The number of benzene rings is 3. The van der Waals surface area contributed by atoms with E-state index in [0.29, 0.717) is 24.3 Å².